The van der Waals surface area contributed by atoms with Crippen LogP contribution < -0.4 is 5.32 Å². The van der Waals surface area contributed by atoms with E-state index in [1.165, 1.54) is 7.11 Å². The number of imide groups is 1. The summed E-state index contributed by atoms with van der Waals surface area (Å²) < 4.78 is 4.74. The number of nitrogens with one attached hydrogen (secondary N) is 2. The highest BCUT2D eigenvalue weighted by molar-refractivity contribution is 6.04. The first-order valence-electron chi connectivity index (χ1n) is 10.9. The number of rotatable bonds is 7. The summed E-state index contributed by atoms with van der Waals surface area (Å²) in [7, 11) is 1.33. The van der Waals surface area contributed by atoms with E-state index in [0.29, 0.717) is 24.1 Å². The number of urea groups is 1. The molecule has 1 aromatic heterocycles. The number of hydrogen-bond acceptors (Lipinski definition) is 4. The molecule has 0 radical (unpaired) electrons. The number of H-pyrrole nitrogens is 1. The zero-order chi connectivity index (χ0) is 23.9. The zero-order valence-electron chi connectivity index (χ0n) is 18.8. The number of aromatic amines is 1. The van der Waals surface area contributed by atoms with E-state index in [-0.39, 0.29) is 6.54 Å². The minimum Gasteiger partial charge on any atom is -0.465 e. The van der Waals surface area contributed by atoms with Gasteiger partial charge in [-0.05, 0) is 47.9 Å². The first-order chi connectivity index (χ1) is 16.5. The Bertz CT molecular complexity index is 1300. The second kappa shape index (κ2) is 10.5. The van der Waals surface area contributed by atoms with Gasteiger partial charge in [-0.25, -0.2) is 9.59 Å². The molecule has 0 unspecified atom stereocenters. The molecule has 3 aromatic carbocycles. The molecule has 4 aromatic rings. The Labute approximate surface area is 197 Å². The molecule has 1 heterocycles. The quantitative estimate of drug-likeness (QED) is 0.400. The molecule has 2 N–H and O–H groups in total. The Hall–Kier alpha value is -4.39. The van der Waals surface area contributed by atoms with Crippen LogP contribution in [0, 0.1) is 0 Å². The van der Waals surface area contributed by atoms with Crippen LogP contribution in [0.1, 0.15) is 31.8 Å². The monoisotopic (exact) mass is 455 g/mol. The summed E-state index contributed by atoms with van der Waals surface area (Å²) in [4.78, 5) is 42.2. The number of hydrogen-bond donors (Lipinski definition) is 2. The van der Waals surface area contributed by atoms with Crippen molar-refractivity contribution in [3.05, 3.63) is 107 Å². The molecule has 0 aliphatic carbocycles. The van der Waals surface area contributed by atoms with Gasteiger partial charge in [0.1, 0.15) is 0 Å². The summed E-state index contributed by atoms with van der Waals surface area (Å²) in [5.74, 6) is -0.877. The third-order valence-electron chi connectivity index (χ3n) is 5.62. The number of esters is 1. The fraction of sp³-hybridized carbons (Fsp3) is 0.148. The number of ether oxygens (including phenoxy) is 1. The molecule has 0 fully saturated rings. The van der Waals surface area contributed by atoms with Crippen molar-refractivity contribution in [2.45, 2.75) is 13.0 Å². The lowest BCUT2D eigenvalue weighted by Gasteiger charge is -2.23. The number of carbonyl (C=O) groups is 3. The summed E-state index contributed by atoms with van der Waals surface area (Å²) in [5.41, 5.74) is 3.79. The number of fused-ring (bicyclic) bond motifs is 1. The first-order valence-corrected chi connectivity index (χ1v) is 10.9. The van der Waals surface area contributed by atoms with Crippen molar-refractivity contribution < 1.29 is 19.1 Å². The number of nitrogens with zero attached hydrogens (tertiary/aromatic N) is 1. The predicted octanol–water partition coefficient (Wildman–Crippen LogP) is 4.55. The molecule has 34 heavy (non-hydrogen) atoms. The lowest BCUT2D eigenvalue weighted by molar-refractivity contribution is 0.0600. The minimum absolute atomic E-state index is 0.276. The predicted molar refractivity (Wildman–Crippen MR) is 129 cm³/mol. The highest BCUT2D eigenvalue weighted by atomic mass is 16.5. The molecule has 0 saturated heterocycles. The molecule has 0 atom stereocenters. The summed E-state index contributed by atoms with van der Waals surface area (Å²) in [6.07, 6.45) is 2.55. The molecule has 7 nitrogen and oxygen atoms in total. The Kier molecular flexibility index (Phi) is 7.03. The van der Waals surface area contributed by atoms with E-state index in [9.17, 15) is 14.4 Å². The van der Waals surface area contributed by atoms with Crippen LogP contribution >= 0.6 is 0 Å². The number of para-hydroxylation sites is 1. The zero-order valence-corrected chi connectivity index (χ0v) is 18.8. The Balaban J connectivity index is 1.51. The second-order valence-corrected chi connectivity index (χ2v) is 7.84. The first kappa shape index (κ1) is 22.8. The SMILES string of the molecule is COC(=O)c1ccc(CN(CCc2c[nH]c3ccccc23)C(=O)NC(=O)c2ccccc2)cc1. The van der Waals surface area contributed by atoms with Crippen molar-refractivity contribution in [1.82, 2.24) is 15.2 Å². The van der Waals surface area contributed by atoms with Crippen molar-refractivity contribution >= 4 is 28.8 Å². The number of methoxy groups -OCH3 is 1. The van der Waals surface area contributed by atoms with Crippen molar-refractivity contribution in [3.8, 4) is 0 Å². The number of amides is 3. The van der Waals surface area contributed by atoms with Crippen LogP contribution in [0.15, 0.2) is 85.1 Å². The summed E-state index contributed by atoms with van der Waals surface area (Å²) in [6, 6.07) is 23.0. The fourth-order valence-corrected chi connectivity index (χ4v) is 3.77. The maximum Gasteiger partial charge on any atom is 0.337 e. The Morgan fingerprint density at radius 2 is 1.59 bits per heavy atom. The van der Waals surface area contributed by atoms with Gasteiger partial charge in [0.15, 0.2) is 0 Å². The van der Waals surface area contributed by atoms with Gasteiger partial charge in [0, 0.05) is 35.8 Å². The average molecular weight is 456 g/mol. The van der Waals surface area contributed by atoms with Crippen LogP contribution in [-0.4, -0.2) is 41.4 Å². The van der Waals surface area contributed by atoms with Crippen LogP contribution in [0.3, 0.4) is 0 Å². The summed E-state index contributed by atoms with van der Waals surface area (Å²) in [6.45, 7) is 0.673. The second-order valence-electron chi connectivity index (χ2n) is 7.84. The molecule has 3 amide bonds. The number of aromatic nitrogens is 1. The largest absolute Gasteiger partial charge is 0.465 e. The number of benzene rings is 3. The molecule has 0 spiro atoms. The molecule has 172 valence electrons. The molecule has 0 aliphatic heterocycles. The normalized spacial score (nSPS) is 10.6. The molecule has 4 rings (SSSR count). The van der Waals surface area contributed by atoms with Gasteiger partial charge in [0.05, 0.1) is 12.7 Å². The van der Waals surface area contributed by atoms with Gasteiger partial charge < -0.3 is 14.6 Å². The van der Waals surface area contributed by atoms with E-state index in [1.54, 1.807) is 53.4 Å². The third-order valence-corrected chi connectivity index (χ3v) is 5.62. The highest BCUT2D eigenvalue weighted by Gasteiger charge is 2.19. The van der Waals surface area contributed by atoms with Gasteiger partial charge in [-0.3, -0.25) is 10.1 Å². The van der Waals surface area contributed by atoms with Gasteiger partial charge in [0.25, 0.3) is 5.91 Å². The van der Waals surface area contributed by atoms with Gasteiger partial charge in [-0.15, -0.1) is 0 Å². The van der Waals surface area contributed by atoms with Crippen LogP contribution in [0.25, 0.3) is 10.9 Å². The van der Waals surface area contributed by atoms with E-state index in [4.69, 9.17) is 4.74 Å². The van der Waals surface area contributed by atoms with Gasteiger partial charge in [0.2, 0.25) is 0 Å². The lowest BCUT2D eigenvalue weighted by Crippen LogP contribution is -2.43. The standard InChI is InChI=1S/C27H25N3O4/c1-34-26(32)21-13-11-19(12-14-21)18-30(27(33)29-25(31)20-7-3-2-4-8-20)16-15-22-17-28-24-10-6-5-9-23(22)24/h2-14,17,28H,15-16,18H2,1H3,(H,29,31,33). The van der Waals surface area contributed by atoms with Crippen molar-refractivity contribution in [2.75, 3.05) is 13.7 Å². The fourth-order valence-electron chi connectivity index (χ4n) is 3.77. The summed E-state index contributed by atoms with van der Waals surface area (Å²) in [5, 5.41) is 3.59. The third kappa shape index (κ3) is 5.32. The summed E-state index contributed by atoms with van der Waals surface area (Å²) >= 11 is 0. The lowest BCUT2D eigenvalue weighted by atomic mass is 10.1. The molecular formula is C27H25N3O4. The molecular weight excluding hydrogens is 430 g/mol. The van der Waals surface area contributed by atoms with E-state index in [1.807, 2.05) is 36.5 Å². The van der Waals surface area contributed by atoms with E-state index in [2.05, 4.69) is 10.3 Å². The maximum atomic E-state index is 13.1. The molecule has 0 aliphatic rings. The highest BCUT2D eigenvalue weighted by Crippen LogP contribution is 2.19. The van der Waals surface area contributed by atoms with Crippen LogP contribution in [0.2, 0.25) is 0 Å². The minimum atomic E-state index is -0.481. The van der Waals surface area contributed by atoms with E-state index >= 15 is 0 Å². The van der Waals surface area contributed by atoms with Gasteiger partial charge >= 0.3 is 12.0 Å². The van der Waals surface area contributed by atoms with Crippen molar-refractivity contribution in [1.29, 1.82) is 0 Å². The van der Waals surface area contributed by atoms with Gasteiger partial charge in [-0.2, -0.15) is 0 Å². The number of carbonyl (C=O) groups excluding carboxylic acids is 3. The van der Waals surface area contributed by atoms with Crippen molar-refractivity contribution in [3.63, 3.8) is 0 Å². The average Bonchev–Trinajstić information content (AvgIpc) is 3.30. The van der Waals surface area contributed by atoms with Gasteiger partial charge in [-0.1, -0.05) is 48.5 Å². The smallest absolute Gasteiger partial charge is 0.337 e. The van der Waals surface area contributed by atoms with Crippen LogP contribution in [0.4, 0.5) is 4.79 Å². The molecule has 0 saturated carbocycles. The van der Waals surface area contributed by atoms with Crippen molar-refractivity contribution in [2.24, 2.45) is 0 Å². The van der Waals surface area contributed by atoms with E-state index < -0.39 is 17.9 Å². The molecule has 0 bridgehead atoms. The van der Waals surface area contributed by atoms with Crippen LogP contribution in [-0.2, 0) is 17.7 Å². The van der Waals surface area contributed by atoms with E-state index in [0.717, 1.165) is 22.0 Å². The Morgan fingerprint density at radius 1 is 0.882 bits per heavy atom. The topological polar surface area (TPSA) is 91.5 Å². The van der Waals surface area contributed by atoms with Crippen LogP contribution in [0.5, 0.6) is 0 Å². The molecule has 7 heteroatoms. The Morgan fingerprint density at radius 3 is 2.32 bits per heavy atom. The maximum absolute atomic E-state index is 13.1.